The molecule has 0 bridgehead atoms. The summed E-state index contributed by atoms with van der Waals surface area (Å²) in [6.45, 7) is 10.2. The molecule has 0 aliphatic carbocycles. The molecule has 0 radical (unpaired) electrons. The fourth-order valence-corrected chi connectivity index (χ4v) is 4.15. The number of aryl methyl sites for hydroxylation is 2. The molecular weight excluding hydrogens is 448 g/mol. The molecule has 5 heteroatoms. The first-order chi connectivity index (χ1) is 17.3. The lowest BCUT2D eigenvalue weighted by molar-refractivity contribution is -0.143. The molecule has 0 unspecified atom stereocenters. The van der Waals surface area contributed by atoms with Crippen molar-refractivity contribution in [2.24, 2.45) is 0 Å². The number of benzene rings is 3. The van der Waals surface area contributed by atoms with Gasteiger partial charge in [0.2, 0.25) is 5.91 Å². The minimum absolute atomic E-state index is 0.0126. The molecule has 2 atom stereocenters. The van der Waals surface area contributed by atoms with Gasteiger partial charge in [0, 0.05) is 19.0 Å². The quantitative estimate of drug-likeness (QED) is 0.387. The zero-order chi connectivity index (χ0) is 26.1. The van der Waals surface area contributed by atoms with Crippen LogP contribution in [0.15, 0.2) is 72.8 Å². The number of nitrogens with one attached hydrogen (secondary N) is 1. The van der Waals surface area contributed by atoms with Crippen molar-refractivity contribution in [3.8, 4) is 5.75 Å². The van der Waals surface area contributed by atoms with E-state index in [1.54, 1.807) is 4.90 Å². The van der Waals surface area contributed by atoms with Gasteiger partial charge < -0.3 is 15.0 Å². The first kappa shape index (κ1) is 27.0. The highest BCUT2D eigenvalue weighted by atomic mass is 16.5. The van der Waals surface area contributed by atoms with Crippen molar-refractivity contribution in [2.45, 2.75) is 66.1 Å². The minimum Gasteiger partial charge on any atom is -0.483 e. The fraction of sp³-hybridized carbons (Fsp3) is 0.355. The van der Waals surface area contributed by atoms with Gasteiger partial charge in [-0.25, -0.2) is 0 Å². The third-order valence-corrected chi connectivity index (χ3v) is 6.58. The Bertz CT molecular complexity index is 1150. The van der Waals surface area contributed by atoms with Crippen LogP contribution < -0.4 is 10.1 Å². The smallest absolute Gasteiger partial charge is 0.261 e. The van der Waals surface area contributed by atoms with Crippen LogP contribution >= 0.6 is 0 Å². The Hall–Kier alpha value is -3.60. The maximum absolute atomic E-state index is 13.7. The summed E-state index contributed by atoms with van der Waals surface area (Å²) in [5, 5.41) is 3.10. The summed E-state index contributed by atoms with van der Waals surface area (Å²) in [7, 11) is 0. The summed E-state index contributed by atoms with van der Waals surface area (Å²) < 4.78 is 6.04. The van der Waals surface area contributed by atoms with Gasteiger partial charge in [-0.05, 0) is 68.0 Å². The molecule has 0 aliphatic rings. The van der Waals surface area contributed by atoms with Crippen LogP contribution in [0, 0.1) is 20.8 Å². The predicted molar refractivity (Wildman–Crippen MR) is 145 cm³/mol. The first-order valence-corrected chi connectivity index (χ1v) is 12.7. The number of nitrogens with zero attached hydrogens (tertiary/aromatic N) is 1. The average Bonchev–Trinajstić information content (AvgIpc) is 2.88. The molecule has 3 aromatic rings. The van der Waals surface area contributed by atoms with Gasteiger partial charge >= 0.3 is 0 Å². The topological polar surface area (TPSA) is 58.6 Å². The summed E-state index contributed by atoms with van der Waals surface area (Å²) in [4.78, 5) is 28.9. The van der Waals surface area contributed by atoms with Crippen LogP contribution in [-0.2, 0) is 22.6 Å². The van der Waals surface area contributed by atoms with E-state index in [0.29, 0.717) is 18.7 Å². The minimum atomic E-state index is -0.668. The van der Waals surface area contributed by atoms with Crippen molar-refractivity contribution in [2.75, 3.05) is 6.61 Å². The van der Waals surface area contributed by atoms with Gasteiger partial charge in [0.1, 0.15) is 11.8 Å². The van der Waals surface area contributed by atoms with Crippen LogP contribution in [0.25, 0.3) is 0 Å². The highest BCUT2D eigenvalue weighted by Crippen LogP contribution is 2.24. The Balaban J connectivity index is 1.92. The number of carbonyl (C=O) groups is 2. The standard InChI is InChI=1S/C31H38N2O3/c1-6-24(4)32-31(35)28(19-26-13-9-7-10-14-26)33(20-27-15-11-8-12-16-27)30(34)21-36-29-18-22(2)17-23(3)25(29)5/h7-18,24,28H,6,19-21H2,1-5H3,(H,32,35)/t24-,28+/m0/s1. The Morgan fingerprint density at radius 1 is 0.917 bits per heavy atom. The summed E-state index contributed by atoms with van der Waals surface area (Å²) in [6.07, 6.45) is 1.23. The van der Waals surface area contributed by atoms with Gasteiger partial charge in [0.25, 0.3) is 5.91 Å². The molecule has 190 valence electrons. The molecule has 3 rings (SSSR count). The van der Waals surface area contributed by atoms with Crippen LogP contribution in [-0.4, -0.2) is 35.4 Å². The van der Waals surface area contributed by atoms with E-state index in [0.717, 1.165) is 34.2 Å². The Labute approximate surface area is 215 Å². The van der Waals surface area contributed by atoms with Crippen molar-refractivity contribution in [3.63, 3.8) is 0 Å². The molecule has 0 heterocycles. The molecule has 0 fully saturated rings. The zero-order valence-electron chi connectivity index (χ0n) is 22.1. The molecule has 0 aliphatic heterocycles. The summed E-state index contributed by atoms with van der Waals surface area (Å²) in [5.41, 5.74) is 5.17. The SMILES string of the molecule is CC[C@H](C)NC(=O)[C@@H](Cc1ccccc1)N(Cc1ccccc1)C(=O)COc1cc(C)cc(C)c1C. The van der Waals surface area contributed by atoms with Crippen LogP contribution in [0.1, 0.15) is 48.1 Å². The van der Waals surface area contributed by atoms with Crippen molar-refractivity contribution < 1.29 is 14.3 Å². The number of hydrogen-bond donors (Lipinski definition) is 1. The van der Waals surface area contributed by atoms with Gasteiger partial charge in [-0.15, -0.1) is 0 Å². The van der Waals surface area contributed by atoms with E-state index in [4.69, 9.17) is 4.74 Å². The van der Waals surface area contributed by atoms with E-state index < -0.39 is 6.04 Å². The molecule has 0 saturated carbocycles. The number of hydrogen-bond acceptors (Lipinski definition) is 3. The largest absolute Gasteiger partial charge is 0.483 e. The first-order valence-electron chi connectivity index (χ1n) is 12.7. The zero-order valence-corrected chi connectivity index (χ0v) is 22.1. The van der Waals surface area contributed by atoms with Gasteiger partial charge in [-0.3, -0.25) is 9.59 Å². The normalized spacial score (nSPS) is 12.5. The highest BCUT2D eigenvalue weighted by molar-refractivity contribution is 5.88. The second-order valence-corrected chi connectivity index (χ2v) is 9.52. The van der Waals surface area contributed by atoms with Crippen LogP contribution in [0.3, 0.4) is 0 Å². The second-order valence-electron chi connectivity index (χ2n) is 9.52. The molecule has 1 N–H and O–H groups in total. The van der Waals surface area contributed by atoms with E-state index >= 15 is 0 Å². The monoisotopic (exact) mass is 486 g/mol. The Morgan fingerprint density at radius 3 is 2.14 bits per heavy atom. The van der Waals surface area contributed by atoms with E-state index in [-0.39, 0.29) is 24.5 Å². The van der Waals surface area contributed by atoms with Gasteiger partial charge in [-0.1, -0.05) is 73.7 Å². The van der Waals surface area contributed by atoms with Gasteiger partial charge in [-0.2, -0.15) is 0 Å². The van der Waals surface area contributed by atoms with Gasteiger partial charge in [0.15, 0.2) is 6.61 Å². The fourth-order valence-electron chi connectivity index (χ4n) is 4.15. The van der Waals surface area contributed by atoms with Crippen LogP contribution in [0.5, 0.6) is 5.75 Å². The van der Waals surface area contributed by atoms with Crippen LogP contribution in [0.2, 0.25) is 0 Å². The molecule has 0 spiro atoms. The number of carbonyl (C=O) groups excluding carboxylic acids is 2. The van der Waals surface area contributed by atoms with E-state index in [2.05, 4.69) is 11.4 Å². The third-order valence-electron chi connectivity index (χ3n) is 6.58. The lowest BCUT2D eigenvalue weighted by Gasteiger charge is -2.32. The van der Waals surface area contributed by atoms with Gasteiger partial charge in [0.05, 0.1) is 0 Å². The summed E-state index contributed by atoms with van der Waals surface area (Å²) in [5.74, 6) is 0.321. The lowest BCUT2D eigenvalue weighted by Crippen LogP contribution is -2.53. The maximum Gasteiger partial charge on any atom is 0.261 e. The predicted octanol–water partition coefficient (Wildman–Crippen LogP) is 5.55. The Morgan fingerprint density at radius 2 is 1.53 bits per heavy atom. The average molecular weight is 487 g/mol. The molecule has 5 nitrogen and oxygen atoms in total. The number of rotatable bonds is 11. The second kappa shape index (κ2) is 12.9. The third kappa shape index (κ3) is 7.45. The molecule has 0 aromatic heterocycles. The van der Waals surface area contributed by atoms with Crippen LogP contribution in [0.4, 0.5) is 0 Å². The van der Waals surface area contributed by atoms with Crippen molar-refractivity contribution in [1.29, 1.82) is 0 Å². The Kier molecular flexibility index (Phi) is 9.69. The lowest BCUT2D eigenvalue weighted by atomic mass is 10.0. The van der Waals surface area contributed by atoms with E-state index in [1.165, 1.54) is 0 Å². The maximum atomic E-state index is 13.7. The molecule has 3 aromatic carbocycles. The molecule has 36 heavy (non-hydrogen) atoms. The van der Waals surface area contributed by atoms with E-state index in [9.17, 15) is 9.59 Å². The number of ether oxygens (including phenoxy) is 1. The number of amides is 2. The molecule has 0 saturated heterocycles. The molecule has 2 amide bonds. The summed E-state index contributed by atoms with van der Waals surface area (Å²) in [6, 6.07) is 23.0. The van der Waals surface area contributed by atoms with Crippen molar-refractivity contribution in [1.82, 2.24) is 10.2 Å². The highest BCUT2D eigenvalue weighted by Gasteiger charge is 2.31. The van der Waals surface area contributed by atoms with Crippen molar-refractivity contribution in [3.05, 3.63) is 101 Å². The molecular formula is C31H38N2O3. The van der Waals surface area contributed by atoms with E-state index in [1.807, 2.05) is 101 Å². The summed E-state index contributed by atoms with van der Waals surface area (Å²) >= 11 is 0. The van der Waals surface area contributed by atoms with Crippen molar-refractivity contribution >= 4 is 11.8 Å².